The summed E-state index contributed by atoms with van der Waals surface area (Å²) in [7, 11) is 0. The van der Waals surface area contributed by atoms with Crippen molar-refractivity contribution < 1.29 is 69.5 Å². The summed E-state index contributed by atoms with van der Waals surface area (Å²) in [5.74, 6) is 0. The first kappa shape index (κ1) is 24.6. The molecular formula is C6IrLi3N6. The molecule has 0 aromatic heterocycles. The van der Waals surface area contributed by atoms with Gasteiger partial charge in [-0.1, -0.05) is 0 Å². The molecule has 0 atom stereocenters. The normalized spacial score (nSPS) is 10.9. The summed E-state index contributed by atoms with van der Waals surface area (Å²) >= 11 is -6.69. The van der Waals surface area contributed by atoms with Gasteiger partial charge in [0, 0.05) is 0 Å². The van der Waals surface area contributed by atoms with E-state index in [4.69, 9.17) is 31.6 Å². The van der Waals surface area contributed by atoms with Gasteiger partial charge in [-0.05, 0) is 0 Å². The van der Waals surface area contributed by atoms with E-state index in [0.29, 0.717) is 0 Å². The predicted molar refractivity (Wildman–Crippen MR) is 33.7 cm³/mol. The number of rotatable bonds is 0. The molecule has 0 heterocycles. The zero-order valence-electron chi connectivity index (χ0n) is 9.02. The Bertz CT molecular complexity index is 398. The minimum atomic E-state index is -6.69. The van der Waals surface area contributed by atoms with E-state index in [0.717, 1.165) is 27.5 Å². The second-order valence-corrected chi connectivity index (χ2v) is 13.9. The van der Waals surface area contributed by atoms with E-state index in [1.54, 1.807) is 0 Å². The standard InChI is InChI=1S/6CN.Ir.3Li/c6*1-2;;;;/q;;;;;;-3;3*+1. The molecule has 0 fully saturated rings. The van der Waals surface area contributed by atoms with E-state index >= 15 is 0 Å². The van der Waals surface area contributed by atoms with Gasteiger partial charge < -0.3 is 0 Å². The maximum Gasteiger partial charge on any atom is 1.00 e. The van der Waals surface area contributed by atoms with Crippen molar-refractivity contribution in [2.75, 3.05) is 0 Å². The molecule has 0 aliphatic carbocycles. The minimum Gasteiger partial charge on any atom is 1.00 e. The van der Waals surface area contributed by atoms with Crippen molar-refractivity contribution in [2.24, 2.45) is 0 Å². The molecule has 0 N–H and O–H groups in total. The van der Waals surface area contributed by atoms with Crippen LogP contribution in [0.15, 0.2) is 0 Å². The second kappa shape index (κ2) is 6.20. The molecule has 0 bridgehead atoms. The molecule has 16 heavy (non-hydrogen) atoms. The number of hydrogen-bond acceptors (Lipinski definition) is 6. The van der Waals surface area contributed by atoms with Crippen molar-refractivity contribution >= 4 is 0 Å². The fourth-order valence-corrected chi connectivity index (χ4v) is 2.05. The summed E-state index contributed by atoms with van der Waals surface area (Å²) in [6, 6.07) is 0. The smallest absolute Gasteiger partial charge is 1.00 e. The van der Waals surface area contributed by atoms with Gasteiger partial charge in [0.25, 0.3) is 0 Å². The van der Waals surface area contributed by atoms with Crippen molar-refractivity contribution in [1.82, 2.24) is 0 Å². The molecule has 0 saturated heterocycles. The first-order chi connectivity index (χ1) is 5.97. The molecule has 0 unspecified atom stereocenters. The molecule has 0 aliphatic rings. The zero-order valence-corrected chi connectivity index (χ0v) is 11.4. The van der Waals surface area contributed by atoms with Crippen LogP contribution < -0.4 is 56.6 Å². The van der Waals surface area contributed by atoms with Crippen LogP contribution in [0.2, 0.25) is 0 Å². The molecule has 0 aromatic rings. The van der Waals surface area contributed by atoms with E-state index in [-0.39, 0.29) is 56.6 Å². The van der Waals surface area contributed by atoms with Crippen LogP contribution in [0.25, 0.3) is 0 Å². The molecule has 0 amide bonds. The third-order valence-corrected chi connectivity index (χ3v) is 9.15. The molecule has 10 heteroatoms. The van der Waals surface area contributed by atoms with Crippen LogP contribution in [-0.2, 0) is 12.9 Å². The topological polar surface area (TPSA) is 143 Å². The minimum absolute atomic E-state index is 0. The van der Waals surface area contributed by atoms with Crippen LogP contribution in [0.1, 0.15) is 0 Å². The van der Waals surface area contributed by atoms with Crippen molar-refractivity contribution in [3.05, 3.63) is 0 Å². The van der Waals surface area contributed by atoms with Crippen LogP contribution in [0.4, 0.5) is 0 Å². The third kappa shape index (κ3) is 2.38. The molecule has 0 aromatic carbocycles. The molecule has 0 spiro atoms. The number of nitriles is 6. The Balaban J connectivity index is -0.000000240. The van der Waals surface area contributed by atoms with Gasteiger partial charge in [-0.3, -0.25) is 0 Å². The van der Waals surface area contributed by atoms with Gasteiger partial charge in [0.2, 0.25) is 0 Å². The van der Waals surface area contributed by atoms with E-state index in [1.807, 2.05) is 0 Å². The number of nitrogens with zero attached hydrogens (tertiary/aromatic N) is 6. The molecule has 0 saturated carbocycles. The summed E-state index contributed by atoms with van der Waals surface area (Å²) in [6.07, 6.45) is 0. The van der Waals surface area contributed by atoms with Crippen molar-refractivity contribution in [2.45, 2.75) is 0 Å². The Morgan fingerprint density at radius 1 is 0.438 bits per heavy atom. The van der Waals surface area contributed by atoms with Crippen LogP contribution >= 0.6 is 0 Å². The van der Waals surface area contributed by atoms with Crippen LogP contribution in [0, 0.1) is 59.1 Å². The summed E-state index contributed by atoms with van der Waals surface area (Å²) in [5.41, 5.74) is 0. The average Bonchev–Trinajstić information content (AvgIpc) is 2.26. The van der Waals surface area contributed by atoms with Gasteiger partial charge in [0.1, 0.15) is 0 Å². The predicted octanol–water partition coefficient (Wildman–Crippen LogP) is -8.89. The van der Waals surface area contributed by atoms with Crippen LogP contribution in [-0.4, -0.2) is 0 Å². The number of hydrogen-bond donors (Lipinski definition) is 0. The second-order valence-electron chi connectivity index (χ2n) is 1.70. The van der Waals surface area contributed by atoms with Crippen molar-refractivity contribution in [1.29, 1.82) is 31.6 Å². The quantitative estimate of drug-likeness (QED) is 0.388. The third-order valence-electron chi connectivity index (χ3n) is 1.12. The van der Waals surface area contributed by atoms with E-state index in [2.05, 4.69) is 0 Å². The van der Waals surface area contributed by atoms with E-state index in [9.17, 15) is 0 Å². The van der Waals surface area contributed by atoms with Gasteiger partial charge in [0.05, 0.1) is 0 Å². The molecule has 66 valence electrons. The van der Waals surface area contributed by atoms with Gasteiger partial charge in [0.15, 0.2) is 0 Å². The van der Waals surface area contributed by atoms with Gasteiger partial charge in [-0.15, -0.1) is 0 Å². The van der Waals surface area contributed by atoms with Crippen molar-refractivity contribution in [3.8, 4) is 27.5 Å². The van der Waals surface area contributed by atoms with Crippen LogP contribution in [0.5, 0.6) is 0 Å². The molecule has 0 radical (unpaired) electrons. The molecule has 0 rings (SSSR count). The first-order valence-electron chi connectivity index (χ1n) is 2.34. The van der Waals surface area contributed by atoms with Gasteiger partial charge in [-0.2, -0.15) is 0 Å². The summed E-state index contributed by atoms with van der Waals surface area (Å²) in [4.78, 5) is 0. The molecule has 6 nitrogen and oxygen atoms in total. The SMILES string of the molecule is N#[C][Ir-3]([C]#N)([C]#N)([C]#N)([C]#N)[C]#N.[Li+].[Li+].[Li+]. The Hall–Kier alpha value is -0.618. The maximum atomic E-state index is 8.60. The molecular weight excluding hydrogens is 369 g/mol. The van der Waals surface area contributed by atoms with E-state index in [1.165, 1.54) is 0 Å². The van der Waals surface area contributed by atoms with Crippen LogP contribution in [0.3, 0.4) is 0 Å². The Kier molecular flexibility index (Phi) is 9.52. The summed E-state index contributed by atoms with van der Waals surface area (Å²) in [6.45, 7) is 0. The first-order valence-corrected chi connectivity index (χ1v) is 9.53. The zero-order chi connectivity index (χ0) is 10.7. The average molecular weight is 369 g/mol. The Labute approximate surface area is 127 Å². The largest absolute Gasteiger partial charge is 1.00 e. The fourth-order valence-electron chi connectivity index (χ4n) is 0.250. The van der Waals surface area contributed by atoms with E-state index < -0.39 is 12.9 Å². The van der Waals surface area contributed by atoms with Gasteiger partial charge >= 0.3 is 129 Å². The Morgan fingerprint density at radius 2 is 0.562 bits per heavy atom. The van der Waals surface area contributed by atoms with Gasteiger partial charge in [-0.25, -0.2) is 0 Å². The molecule has 0 aliphatic heterocycles. The Morgan fingerprint density at radius 3 is 0.562 bits per heavy atom. The maximum absolute atomic E-state index is 8.60. The summed E-state index contributed by atoms with van der Waals surface area (Å²) in [5, 5.41) is 51.6. The summed E-state index contributed by atoms with van der Waals surface area (Å²) < 4.78 is 6.44. The fraction of sp³-hybridized carbons (Fsp3) is 0. The van der Waals surface area contributed by atoms with Crippen molar-refractivity contribution in [3.63, 3.8) is 0 Å². The monoisotopic (exact) mass is 370 g/mol.